The minimum atomic E-state index is 0.168. The first-order chi connectivity index (χ1) is 9.46. The highest BCUT2D eigenvalue weighted by molar-refractivity contribution is 6.30. The molecule has 1 aromatic heterocycles. The Hall–Kier alpha value is -1.32. The van der Waals surface area contributed by atoms with E-state index in [0.29, 0.717) is 6.04 Å². The van der Waals surface area contributed by atoms with E-state index in [4.69, 9.17) is 11.6 Å². The van der Waals surface area contributed by atoms with Crippen LogP contribution in [0.3, 0.4) is 0 Å². The Balaban J connectivity index is 1.88. The number of halogens is 1. The van der Waals surface area contributed by atoms with Crippen molar-refractivity contribution in [2.75, 3.05) is 6.54 Å². The Labute approximate surface area is 126 Å². The van der Waals surface area contributed by atoms with Gasteiger partial charge >= 0.3 is 0 Å². The minimum absolute atomic E-state index is 0.168. The van der Waals surface area contributed by atoms with Crippen LogP contribution in [0.4, 0.5) is 0 Å². The number of aromatic nitrogens is 2. The van der Waals surface area contributed by atoms with Crippen molar-refractivity contribution in [3.63, 3.8) is 0 Å². The fraction of sp³-hybridized carbons (Fsp3) is 0.438. The highest BCUT2D eigenvalue weighted by Crippen LogP contribution is 2.20. The van der Waals surface area contributed by atoms with Crippen molar-refractivity contribution in [2.24, 2.45) is 5.41 Å². The van der Waals surface area contributed by atoms with Crippen LogP contribution in [0.15, 0.2) is 43.0 Å². The molecule has 3 nitrogen and oxygen atoms in total. The molecule has 0 radical (unpaired) electrons. The Morgan fingerprint density at radius 1 is 1.30 bits per heavy atom. The lowest BCUT2D eigenvalue weighted by Crippen LogP contribution is -2.34. The van der Waals surface area contributed by atoms with E-state index < -0.39 is 0 Å². The molecule has 0 saturated heterocycles. The topological polar surface area (TPSA) is 29.9 Å². The van der Waals surface area contributed by atoms with Gasteiger partial charge in [-0.3, -0.25) is 0 Å². The predicted molar refractivity (Wildman–Crippen MR) is 83.9 cm³/mol. The molecule has 2 aromatic rings. The number of benzene rings is 1. The van der Waals surface area contributed by atoms with Gasteiger partial charge in [-0.25, -0.2) is 4.98 Å². The van der Waals surface area contributed by atoms with E-state index in [0.717, 1.165) is 18.1 Å². The van der Waals surface area contributed by atoms with Gasteiger partial charge in [0.05, 0.1) is 6.33 Å². The maximum absolute atomic E-state index is 5.92. The van der Waals surface area contributed by atoms with Crippen LogP contribution in [-0.4, -0.2) is 16.1 Å². The third-order valence-electron chi connectivity index (χ3n) is 3.43. The molecule has 0 amide bonds. The molecule has 0 spiro atoms. The lowest BCUT2D eigenvalue weighted by atomic mass is 9.92. The van der Waals surface area contributed by atoms with Crippen molar-refractivity contribution in [1.82, 2.24) is 14.9 Å². The molecule has 1 N–H and O–H groups in total. The fourth-order valence-corrected chi connectivity index (χ4v) is 2.36. The summed E-state index contributed by atoms with van der Waals surface area (Å²) >= 11 is 5.92. The summed E-state index contributed by atoms with van der Waals surface area (Å²) in [6.07, 6.45) is 5.69. The second-order valence-electron chi connectivity index (χ2n) is 6.05. The summed E-state index contributed by atoms with van der Waals surface area (Å²) in [5, 5.41) is 4.37. The summed E-state index contributed by atoms with van der Waals surface area (Å²) in [7, 11) is 0. The van der Waals surface area contributed by atoms with E-state index in [1.807, 2.05) is 30.9 Å². The molecule has 0 bridgehead atoms. The van der Waals surface area contributed by atoms with Gasteiger partial charge in [0.25, 0.3) is 0 Å². The highest BCUT2D eigenvalue weighted by atomic mass is 35.5. The summed E-state index contributed by atoms with van der Waals surface area (Å²) in [5.74, 6) is 0. The van der Waals surface area contributed by atoms with Gasteiger partial charge < -0.3 is 9.88 Å². The van der Waals surface area contributed by atoms with Crippen LogP contribution < -0.4 is 5.32 Å². The molecular weight excluding hydrogens is 270 g/mol. The van der Waals surface area contributed by atoms with Crippen molar-refractivity contribution in [3.8, 4) is 0 Å². The molecule has 4 heteroatoms. The van der Waals surface area contributed by atoms with E-state index in [-0.39, 0.29) is 5.41 Å². The molecule has 1 aromatic carbocycles. The van der Waals surface area contributed by atoms with Crippen molar-refractivity contribution in [3.05, 3.63) is 53.6 Å². The molecular formula is C16H22ClN3. The van der Waals surface area contributed by atoms with Crippen molar-refractivity contribution < 1.29 is 0 Å². The average molecular weight is 292 g/mol. The Bertz CT molecular complexity index is 517. The molecule has 1 unspecified atom stereocenters. The molecule has 1 atom stereocenters. The van der Waals surface area contributed by atoms with E-state index in [9.17, 15) is 0 Å². The van der Waals surface area contributed by atoms with Gasteiger partial charge in [-0.05, 0) is 30.0 Å². The van der Waals surface area contributed by atoms with Crippen LogP contribution in [0.5, 0.6) is 0 Å². The Kier molecular flexibility index (Phi) is 4.84. The summed E-state index contributed by atoms with van der Waals surface area (Å²) in [5.41, 5.74) is 1.43. The molecule has 1 heterocycles. The molecule has 0 aliphatic carbocycles. The molecule has 20 heavy (non-hydrogen) atoms. The monoisotopic (exact) mass is 291 g/mol. The quantitative estimate of drug-likeness (QED) is 0.874. The first-order valence-corrected chi connectivity index (χ1v) is 7.29. The standard InChI is InChI=1S/C16H22ClN3/c1-13(14-4-6-15(17)7-5-14)19-10-16(2,3)11-20-9-8-18-12-20/h4-9,12-13,19H,10-11H2,1-3H3. The lowest BCUT2D eigenvalue weighted by Gasteiger charge is -2.27. The highest BCUT2D eigenvalue weighted by Gasteiger charge is 2.19. The van der Waals surface area contributed by atoms with Crippen LogP contribution in [0.1, 0.15) is 32.4 Å². The van der Waals surface area contributed by atoms with Crippen LogP contribution in [-0.2, 0) is 6.54 Å². The summed E-state index contributed by atoms with van der Waals surface area (Å²) in [6, 6.07) is 8.33. The van der Waals surface area contributed by atoms with Crippen LogP contribution >= 0.6 is 11.6 Å². The van der Waals surface area contributed by atoms with Gasteiger partial charge in [0.15, 0.2) is 0 Å². The maximum atomic E-state index is 5.92. The van der Waals surface area contributed by atoms with Crippen LogP contribution in [0.2, 0.25) is 5.02 Å². The van der Waals surface area contributed by atoms with E-state index >= 15 is 0 Å². The number of hydrogen-bond donors (Lipinski definition) is 1. The largest absolute Gasteiger partial charge is 0.337 e. The third-order valence-corrected chi connectivity index (χ3v) is 3.68. The lowest BCUT2D eigenvalue weighted by molar-refractivity contribution is 0.278. The third kappa shape index (κ3) is 4.36. The Morgan fingerprint density at radius 2 is 2.00 bits per heavy atom. The number of imidazole rings is 1. The predicted octanol–water partition coefficient (Wildman–Crippen LogP) is 3.91. The number of rotatable bonds is 6. The normalized spacial score (nSPS) is 13.4. The van der Waals surface area contributed by atoms with Crippen LogP contribution in [0.25, 0.3) is 0 Å². The minimum Gasteiger partial charge on any atom is -0.337 e. The van der Waals surface area contributed by atoms with Gasteiger partial charge in [0.2, 0.25) is 0 Å². The van der Waals surface area contributed by atoms with Gasteiger partial charge in [-0.2, -0.15) is 0 Å². The van der Waals surface area contributed by atoms with Gasteiger partial charge in [0, 0.05) is 36.5 Å². The SMILES string of the molecule is CC(NCC(C)(C)Cn1ccnc1)c1ccc(Cl)cc1. The molecule has 0 saturated carbocycles. The zero-order valence-corrected chi connectivity index (χ0v) is 13.1. The van der Waals surface area contributed by atoms with E-state index in [1.54, 1.807) is 0 Å². The van der Waals surface area contributed by atoms with Gasteiger partial charge in [0.1, 0.15) is 0 Å². The molecule has 2 rings (SSSR count). The van der Waals surface area contributed by atoms with Gasteiger partial charge in [-0.1, -0.05) is 37.6 Å². The summed E-state index contributed by atoms with van der Waals surface area (Å²) < 4.78 is 2.12. The zero-order chi connectivity index (χ0) is 14.6. The number of nitrogens with zero attached hydrogens (tertiary/aromatic N) is 2. The van der Waals surface area contributed by atoms with Gasteiger partial charge in [-0.15, -0.1) is 0 Å². The molecule has 0 aliphatic rings. The molecule has 0 aliphatic heterocycles. The first-order valence-electron chi connectivity index (χ1n) is 6.91. The molecule has 108 valence electrons. The van der Waals surface area contributed by atoms with E-state index in [2.05, 4.69) is 47.8 Å². The van der Waals surface area contributed by atoms with Crippen molar-refractivity contribution >= 4 is 11.6 Å². The number of nitrogens with one attached hydrogen (secondary N) is 1. The summed E-state index contributed by atoms with van der Waals surface area (Å²) in [6.45, 7) is 8.59. The van der Waals surface area contributed by atoms with Crippen molar-refractivity contribution in [1.29, 1.82) is 0 Å². The second-order valence-corrected chi connectivity index (χ2v) is 6.49. The average Bonchev–Trinajstić information content (AvgIpc) is 2.89. The van der Waals surface area contributed by atoms with Crippen molar-refractivity contribution in [2.45, 2.75) is 33.4 Å². The Morgan fingerprint density at radius 3 is 2.60 bits per heavy atom. The van der Waals surface area contributed by atoms with E-state index in [1.165, 1.54) is 5.56 Å². The summed E-state index contributed by atoms with van der Waals surface area (Å²) in [4.78, 5) is 4.09. The maximum Gasteiger partial charge on any atom is 0.0946 e. The smallest absolute Gasteiger partial charge is 0.0946 e. The first kappa shape index (κ1) is 15.1. The second kappa shape index (κ2) is 6.42. The van der Waals surface area contributed by atoms with Crippen LogP contribution in [0, 0.1) is 5.41 Å². The molecule has 0 fully saturated rings. The number of hydrogen-bond acceptors (Lipinski definition) is 2. The fourth-order valence-electron chi connectivity index (χ4n) is 2.23. The zero-order valence-electron chi connectivity index (χ0n) is 12.3.